The fourth-order valence-electron chi connectivity index (χ4n) is 1.62. The highest BCUT2D eigenvalue weighted by Crippen LogP contribution is 1.93. The number of hydrogen-bond donors (Lipinski definition) is 2. The standard InChI is InChI=1S/C11H19NO/c1-2-11(13)7-6-10-12-8-4-3-5-9-12/h11,13H,2-5,8-10H2,1H3/p+1/t11-/m0/s1. The third-order valence-corrected chi connectivity index (χ3v) is 2.55. The third-order valence-electron chi connectivity index (χ3n) is 2.55. The monoisotopic (exact) mass is 182 g/mol. The zero-order valence-electron chi connectivity index (χ0n) is 8.47. The summed E-state index contributed by atoms with van der Waals surface area (Å²) in [4.78, 5) is 1.59. The van der Waals surface area contributed by atoms with E-state index in [1.165, 1.54) is 32.4 Å². The zero-order chi connectivity index (χ0) is 9.52. The highest BCUT2D eigenvalue weighted by molar-refractivity contribution is 5.03. The van der Waals surface area contributed by atoms with Crippen LogP contribution in [0, 0.1) is 11.8 Å². The number of hydrogen-bond acceptors (Lipinski definition) is 1. The molecule has 1 atom stereocenters. The van der Waals surface area contributed by atoms with Gasteiger partial charge in [0.2, 0.25) is 0 Å². The maximum atomic E-state index is 9.20. The van der Waals surface area contributed by atoms with Crippen molar-refractivity contribution in [3.05, 3.63) is 0 Å². The van der Waals surface area contributed by atoms with Gasteiger partial charge in [-0.3, -0.25) is 0 Å². The van der Waals surface area contributed by atoms with E-state index >= 15 is 0 Å². The number of aliphatic hydroxyl groups excluding tert-OH is 1. The van der Waals surface area contributed by atoms with Crippen molar-refractivity contribution in [3.8, 4) is 11.8 Å². The normalized spacial score (nSPS) is 20.5. The van der Waals surface area contributed by atoms with Crippen molar-refractivity contribution in [1.82, 2.24) is 0 Å². The third kappa shape index (κ3) is 4.31. The number of quaternary nitrogens is 1. The van der Waals surface area contributed by atoms with Gasteiger partial charge in [0.25, 0.3) is 0 Å². The van der Waals surface area contributed by atoms with Crippen LogP contribution in [0.3, 0.4) is 0 Å². The molecule has 1 aliphatic rings. The lowest BCUT2D eigenvalue weighted by Crippen LogP contribution is -3.12. The summed E-state index contributed by atoms with van der Waals surface area (Å²) in [7, 11) is 0. The van der Waals surface area contributed by atoms with Crippen LogP contribution in [0.5, 0.6) is 0 Å². The molecular weight excluding hydrogens is 162 g/mol. The molecule has 0 aromatic carbocycles. The van der Waals surface area contributed by atoms with Gasteiger partial charge in [-0.15, -0.1) is 0 Å². The Labute approximate surface area is 80.9 Å². The van der Waals surface area contributed by atoms with E-state index in [1.54, 1.807) is 4.90 Å². The first-order chi connectivity index (χ1) is 6.33. The summed E-state index contributed by atoms with van der Waals surface area (Å²) in [5, 5.41) is 9.20. The van der Waals surface area contributed by atoms with E-state index in [2.05, 4.69) is 11.8 Å². The number of rotatable bonds is 2. The van der Waals surface area contributed by atoms with Crippen LogP contribution < -0.4 is 4.90 Å². The Balaban J connectivity index is 2.18. The molecule has 1 heterocycles. The van der Waals surface area contributed by atoms with Crippen LogP contribution in [-0.4, -0.2) is 30.8 Å². The molecule has 0 spiro atoms. The van der Waals surface area contributed by atoms with Gasteiger partial charge in [-0.25, -0.2) is 0 Å². The lowest BCUT2D eigenvalue weighted by molar-refractivity contribution is -0.897. The lowest BCUT2D eigenvalue weighted by atomic mass is 10.1. The smallest absolute Gasteiger partial charge is 0.139 e. The Kier molecular flexibility index (Phi) is 4.88. The number of likely N-dealkylation sites (tertiary alicyclic amines) is 1. The van der Waals surface area contributed by atoms with Gasteiger partial charge < -0.3 is 10.0 Å². The van der Waals surface area contributed by atoms with E-state index in [4.69, 9.17) is 0 Å². The van der Waals surface area contributed by atoms with Crippen molar-refractivity contribution in [1.29, 1.82) is 0 Å². The van der Waals surface area contributed by atoms with Crippen LogP contribution in [0.15, 0.2) is 0 Å². The van der Waals surface area contributed by atoms with Crippen molar-refractivity contribution in [2.75, 3.05) is 19.6 Å². The van der Waals surface area contributed by atoms with Crippen molar-refractivity contribution in [2.45, 2.75) is 38.7 Å². The summed E-state index contributed by atoms with van der Waals surface area (Å²) in [6, 6.07) is 0. The molecule has 1 aliphatic heterocycles. The SMILES string of the molecule is CC[C@H](O)C#CC[NH+]1CCCCC1. The molecule has 2 heteroatoms. The number of nitrogens with one attached hydrogen (secondary N) is 1. The highest BCUT2D eigenvalue weighted by atomic mass is 16.3. The van der Waals surface area contributed by atoms with E-state index in [9.17, 15) is 5.11 Å². The Morgan fingerprint density at radius 3 is 2.62 bits per heavy atom. The van der Waals surface area contributed by atoms with Crippen molar-refractivity contribution < 1.29 is 10.0 Å². The van der Waals surface area contributed by atoms with Gasteiger partial charge in [-0.2, -0.15) is 0 Å². The van der Waals surface area contributed by atoms with Gasteiger partial charge in [0, 0.05) is 0 Å². The second kappa shape index (κ2) is 6.01. The summed E-state index contributed by atoms with van der Waals surface area (Å²) in [6.45, 7) is 5.39. The molecule has 0 aromatic rings. The minimum atomic E-state index is -0.413. The zero-order valence-corrected chi connectivity index (χ0v) is 8.47. The van der Waals surface area contributed by atoms with Gasteiger partial charge >= 0.3 is 0 Å². The Morgan fingerprint density at radius 1 is 1.31 bits per heavy atom. The maximum Gasteiger partial charge on any atom is 0.139 e. The van der Waals surface area contributed by atoms with Gasteiger partial charge in [-0.1, -0.05) is 12.8 Å². The summed E-state index contributed by atoms with van der Waals surface area (Å²) in [5.41, 5.74) is 0. The Bertz CT molecular complexity index is 186. The molecule has 0 amide bonds. The number of piperidine rings is 1. The second-order valence-corrected chi connectivity index (χ2v) is 3.73. The summed E-state index contributed by atoms with van der Waals surface area (Å²) < 4.78 is 0. The highest BCUT2D eigenvalue weighted by Gasteiger charge is 2.10. The average molecular weight is 182 g/mol. The van der Waals surface area contributed by atoms with Gasteiger partial charge in [0.15, 0.2) is 0 Å². The maximum absolute atomic E-state index is 9.20. The molecule has 2 nitrogen and oxygen atoms in total. The molecule has 74 valence electrons. The predicted octanol–water partition coefficient (Wildman–Crippen LogP) is -0.171. The minimum absolute atomic E-state index is 0.413. The fraction of sp³-hybridized carbons (Fsp3) is 0.818. The van der Waals surface area contributed by atoms with E-state index in [0.717, 1.165) is 13.0 Å². The summed E-state index contributed by atoms with van der Waals surface area (Å²) >= 11 is 0. The molecule has 13 heavy (non-hydrogen) atoms. The van der Waals surface area contributed by atoms with Gasteiger partial charge in [0.1, 0.15) is 12.6 Å². The van der Waals surface area contributed by atoms with Crippen molar-refractivity contribution in [2.24, 2.45) is 0 Å². The first kappa shape index (κ1) is 10.6. The van der Waals surface area contributed by atoms with E-state index in [0.29, 0.717) is 0 Å². The van der Waals surface area contributed by atoms with Gasteiger partial charge in [-0.05, 0) is 31.6 Å². The lowest BCUT2D eigenvalue weighted by Gasteiger charge is -2.20. The predicted molar refractivity (Wildman–Crippen MR) is 53.5 cm³/mol. The fourth-order valence-corrected chi connectivity index (χ4v) is 1.62. The molecular formula is C11H20NO+. The van der Waals surface area contributed by atoms with Crippen molar-refractivity contribution in [3.63, 3.8) is 0 Å². The van der Waals surface area contributed by atoms with E-state index < -0.39 is 6.10 Å². The molecule has 0 aromatic heterocycles. The molecule has 2 N–H and O–H groups in total. The molecule has 1 saturated heterocycles. The average Bonchev–Trinajstić information content (AvgIpc) is 2.19. The van der Waals surface area contributed by atoms with E-state index in [1.807, 2.05) is 6.92 Å². The quantitative estimate of drug-likeness (QED) is 0.569. The van der Waals surface area contributed by atoms with Crippen LogP contribution in [0.1, 0.15) is 32.6 Å². The van der Waals surface area contributed by atoms with E-state index in [-0.39, 0.29) is 0 Å². The summed E-state index contributed by atoms with van der Waals surface area (Å²) in [5.74, 6) is 5.93. The number of aliphatic hydroxyl groups is 1. The first-order valence-electron chi connectivity index (χ1n) is 5.33. The topological polar surface area (TPSA) is 24.7 Å². The minimum Gasteiger partial charge on any atom is -0.380 e. The van der Waals surface area contributed by atoms with Crippen LogP contribution in [0.2, 0.25) is 0 Å². The molecule has 0 saturated carbocycles. The second-order valence-electron chi connectivity index (χ2n) is 3.73. The first-order valence-corrected chi connectivity index (χ1v) is 5.33. The molecule has 0 radical (unpaired) electrons. The molecule has 0 aliphatic carbocycles. The molecule has 0 bridgehead atoms. The Morgan fingerprint density at radius 2 is 2.00 bits per heavy atom. The Hall–Kier alpha value is -0.520. The van der Waals surface area contributed by atoms with Crippen LogP contribution in [0.4, 0.5) is 0 Å². The molecule has 1 fully saturated rings. The molecule has 1 rings (SSSR count). The van der Waals surface area contributed by atoms with Crippen molar-refractivity contribution >= 4 is 0 Å². The molecule has 0 unspecified atom stereocenters. The van der Waals surface area contributed by atoms with Crippen LogP contribution in [0.25, 0.3) is 0 Å². The largest absolute Gasteiger partial charge is 0.380 e. The van der Waals surface area contributed by atoms with Crippen LogP contribution in [-0.2, 0) is 0 Å². The van der Waals surface area contributed by atoms with Crippen LogP contribution >= 0.6 is 0 Å². The summed E-state index contributed by atoms with van der Waals surface area (Å²) in [6.07, 6.45) is 4.39. The van der Waals surface area contributed by atoms with Gasteiger partial charge in [0.05, 0.1) is 13.1 Å².